The monoisotopic (exact) mass is 330 g/mol. The van der Waals surface area contributed by atoms with Crippen LogP contribution in [0.1, 0.15) is 30.2 Å². The molecule has 0 radical (unpaired) electrons. The van der Waals surface area contributed by atoms with Crippen molar-refractivity contribution in [2.24, 2.45) is 0 Å². The van der Waals surface area contributed by atoms with Crippen molar-refractivity contribution in [3.8, 4) is 0 Å². The molecule has 0 spiro atoms. The van der Waals surface area contributed by atoms with Gasteiger partial charge in [-0.25, -0.2) is 4.79 Å². The molecule has 3 aromatic rings. The quantitative estimate of drug-likeness (QED) is 0.787. The lowest BCUT2D eigenvalue weighted by Gasteiger charge is -2.07. The van der Waals surface area contributed by atoms with E-state index in [1.54, 1.807) is 47.0 Å². The van der Waals surface area contributed by atoms with E-state index >= 15 is 0 Å². The highest BCUT2D eigenvalue weighted by Gasteiger charge is 2.13. The summed E-state index contributed by atoms with van der Waals surface area (Å²) in [4.78, 5) is 24.1. The summed E-state index contributed by atoms with van der Waals surface area (Å²) in [6.07, 6.45) is 0. The van der Waals surface area contributed by atoms with Crippen molar-refractivity contribution in [2.75, 3.05) is 5.32 Å². The lowest BCUT2D eigenvalue weighted by atomic mass is 10.2. The molecule has 0 aliphatic rings. The van der Waals surface area contributed by atoms with E-state index in [1.165, 1.54) is 0 Å². The third kappa shape index (κ3) is 3.00. The summed E-state index contributed by atoms with van der Waals surface area (Å²) < 4.78 is 6.81. The molecule has 0 atom stereocenters. The smallest absolute Gasteiger partial charge is 0.408 e. The van der Waals surface area contributed by atoms with Crippen LogP contribution in [0.5, 0.6) is 0 Å². The molecule has 1 N–H and O–H groups in total. The van der Waals surface area contributed by atoms with Gasteiger partial charge in [0.05, 0.1) is 5.52 Å². The summed E-state index contributed by atoms with van der Waals surface area (Å²) >= 11 is 5.81. The van der Waals surface area contributed by atoms with Crippen molar-refractivity contribution < 1.29 is 9.21 Å². The Morgan fingerprint density at radius 2 is 1.87 bits per heavy atom. The summed E-state index contributed by atoms with van der Waals surface area (Å²) in [5.74, 6) is -0.664. The first-order valence-electron chi connectivity index (χ1n) is 7.17. The van der Waals surface area contributed by atoms with Gasteiger partial charge in [-0.15, -0.1) is 0 Å². The van der Waals surface area contributed by atoms with Crippen LogP contribution in [-0.4, -0.2) is 10.5 Å². The second kappa shape index (κ2) is 5.93. The van der Waals surface area contributed by atoms with Gasteiger partial charge in [0.2, 0.25) is 0 Å². The topological polar surface area (TPSA) is 64.2 Å². The van der Waals surface area contributed by atoms with Gasteiger partial charge < -0.3 is 9.73 Å². The molecule has 2 aromatic carbocycles. The molecule has 3 rings (SSSR count). The van der Waals surface area contributed by atoms with E-state index in [0.717, 1.165) is 0 Å². The number of oxazole rings is 1. The predicted molar refractivity (Wildman–Crippen MR) is 90.3 cm³/mol. The van der Waals surface area contributed by atoms with Crippen molar-refractivity contribution in [1.29, 1.82) is 0 Å². The van der Waals surface area contributed by atoms with Crippen LogP contribution >= 0.6 is 11.6 Å². The largest absolute Gasteiger partial charge is 0.420 e. The number of hydrogen-bond donors (Lipinski definition) is 1. The van der Waals surface area contributed by atoms with Gasteiger partial charge in [0.25, 0.3) is 5.91 Å². The fourth-order valence-corrected chi connectivity index (χ4v) is 2.53. The molecule has 23 heavy (non-hydrogen) atoms. The molecule has 0 saturated carbocycles. The molecule has 6 heteroatoms. The molecule has 0 bridgehead atoms. The SMILES string of the molecule is CC(C)n1c(=O)oc2cc(NC(=O)c3ccc(Cl)cc3)ccc21. The number of benzene rings is 2. The van der Waals surface area contributed by atoms with Crippen LogP contribution in [0.4, 0.5) is 5.69 Å². The number of fused-ring (bicyclic) bond motifs is 1. The number of nitrogens with zero attached hydrogens (tertiary/aromatic N) is 1. The van der Waals surface area contributed by atoms with Gasteiger partial charge in [0.1, 0.15) is 0 Å². The second-order valence-electron chi connectivity index (χ2n) is 5.48. The summed E-state index contributed by atoms with van der Waals surface area (Å²) in [5.41, 5.74) is 2.20. The Balaban J connectivity index is 1.91. The average Bonchev–Trinajstić information content (AvgIpc) is 2.83. The molecule has 0 fully saturated rings. The Hall–Kier alpha value is -2.53. The molecule has 1 amide bonds. The normalized spacial score (nSPS) is 11.1. The first-order valence-corrected chi connectivity index (χ1v) is 7.55. The van der Waals surface area contributed by atoms with E-state index in [2.05, 4.69) is 5.32 Å². The minimum atomic E-state index is -0.406. The van der Waals surface area contributed by atoms with Crippen molar-refractivity contribution in [3.63, 3.8) is 0 Å². The maximum absolute atomic E-state index is 12.2. The fourth-order valence-electron chi connectivity index (χ4n) is 2.41. The molecular formula is C17H15ClN2O3. The molecular weight excluding hydrogens is 316 g/mol. The molecule has 0 unspecified atom stereocenters. The first-order chi connectivity index (χ1) is 11.0. The van der Waals surface area contributed by atoms with Crippen LogP contribution in [0.15, 0.2) is 51.7 Å². The molecule has 0 aliphatic heterocycles. The maximum atomic E-state index is 12.2. The number of carbonyl (C=O) groups excluding carboxylic acids is 1. The predicted octanol–water partition coefficient (Wildman–Crippen LogP) is 4.08. The highest BCUT2D eigenvalue weighted by atomic mass is 35.5. The van der Waals surface area contributed by atoms with E-state index in [-0.39, 0.29) is 11.9 Å². The number of carbonyl (C=O) groups is 1. The van der Waals surface area contributed by atoms with Gasteiger partial charge in [0, 0.05) is 28.4 Å². The van der Waals surface area contributed by atoms with Crippen LogP contribution in [-0.2, 0) is 0 Å². The van der Waals surface area contributed by atoms with Crippen LogP contribution < -0.4 is 11.1 Å². The van der Waals surface area contributed by atoms with E-state index in [9.17, 15) is 9.59 Å². The lowest BCUT2D eigenvalue weighted by molar-refractivity contribution is 0.102. The number of nitrogens with one attached hydrogen (secondary N) is 1. The Kier molecular flexibility index (Phi) is 3.96. The Morgan fingerprint density at radius 1 is 1.17 bits per heavy atom. The van der Waals surface area contributed by atoms with Gasteiger partial charge in [-0.2, -0.15) is 0 Å². The van der Waals surface area contributed by atoms with Crippen molar-refractivity contribution in [1.82, 2.24) is 4.57 Å². The number of anilines is 1. The minimum absolute atomic E-state index is 0.00161. The highest BCUT2D eigenvalue weighted by Crippen LogP contribution is 2.21. The fraction of sp³-hybridized carbons (Fsp3) is 0.176. The van der Waals surface area contributed by atoms with E-state index in [1.807, 2.05) is 13.8 Å². The zero-order chi connectivity index (χ0) is 16.6. The van der Waals surface area contributed by atoms with Crippen molar-refractivity contribution in [2.45, 2.75) is 19.9 Å². The van der Waals surface area contributed by atoms with Gasteiger partial charge in [-0.05, 0) is 50.2 Å². The third-order valence-corrected chi connectivity index (χ3v) is 3.75. The number of rotatable bonds is 3. The Labute approximate surface area is 137 Å². The summed E-state index contributed by atoms with van der Waals surface area (Å²) in [6.45, 7) is 3.82. The molecule has 118 valence electrons. The Morgan fingerprint density at radius 3 is 2.52 bits per heavy atom. The van der Waals surface area contributed by atoms with Crippen molar-refractivity contribution in [3.05, 3.63) is 63.6 Å². The number of halogens is 1. The van der Waals surface area contributed by atoms with Crippen LogP contribution in [0.2, 0.25) is 5.02 Å². The van der Waals surface area contributed by atoms with Gasteiger partial charge in [0.15, 0.2) is 5.58 Å². The van der Waals surface area contributed by atoms with Gasteiger partial charge >= 0.3 is 5.76 Å². The number of hydrogen-bond acceptors (Lipinski definition) is 3. The third-order valence-electron chi connectivity index (χ3n) is 3.49. The maximum Gasteiger partial charge on any atom is 0.420 e. The molecule has 1 heterocycles. The standard InChI is InChI=1S/C17H15ClN2O3/c1-10(2)20-14-8-7-13(9-15(14)23-17(20)22)19-16(21)11-3-5-12(18)6-4-11/h3-10H,1-2H3,(H,19,21). The number of aromatic nitrogens is 1. The van der Waals surface area contributed by atoms with E-state index < -0.39 is 5.76 Å². The molecule has 0 aliphatic carbocycles. The minimum Gasteiger partial charge on any atom is -0.408 e. The number of amides is 1. The molecule has 1 aromatic heterocycles. The second-order valence-corrected chi connectivity index (χ2v) is 5.91. The highest BCUT2D eigenvalue weighted by molar-refractivity contribution is 6.30. The lowest BCUT2D eigenvalue weighted by Crippen LogP contribution is -2.15. The summed E-state index contributed by atoms with van der Waals surface area (Å²) in [5, 5.41) is 3.34. The summed E-state index contributed by atoms with van der Waals surface area (Å²) in [7, 11) is 0. The van der Waals surface area contributed by atoms with E-state index in [4.69, 9.17) is 16.0 Å². The Bertz CT molecular complexity index is 923. The average molecular weight is 331 g/mol. The van der Waals surface area contributed by atoms with Crippen LogP contribution in [0.3, 0.4) is 0 Å². The van der Waals surface area contributed by atoms with E-state index in [0.29, 0.717) is 27.4 Å². The summed E-state index contributed by atoms with van der Waals surface area (Å²) in [6, 6.07) is 11.7. The van der Waals surface area contributed by atoms with Crippen LogP contribution in [0.25, 0.3) is 11.1 Å². The van der Waals surface area contributed by atoms with Crippen LogP contribution in [0, 0.1) is 0 Å². The van der Waals surface area contributed by atoms with Crippen molar-refractivity contribution >= 4 is 34.3 Å². The molecule has 0 saturated heterocycles. The van der Waals surface area contributed by atoms with Gasteiger partial charge in [-0.3, -0.25) is 9.36 Å². The zero-order valence-corrected chi connectivity index (χ0v) is 13.4. The molecule has 5 nitrogen and oxygen atoms in total. The zero-order valence-electron chi connectivity index (χ0n) is 12.7. The first kappa shape index (κ1) is 15.4. The van der Waals surface area contributed by atoms with Gasteiger partial charge in [-0.1, -0.05) is 11.6 Å².